The van der Waals surface area contributed by atoms with Gasteiger partial charge in [0.05, 0.1) is 5.69 Å². The first-order valence-corrected chi connectivity index (χ1v) is 7.10. The van der Waals surface area contributed by atoms with E-state index in [-0.39, 0.29) is 0 Å². The molecule has 0 fully saturated rings. The minimum atomic E-state index is 0.807. The molecule has 0 saturated heterocycles. The number of aryl methyl sites for hydroxylation is 3. The molecule has 0 spiro atoms. The summed E-state index contributed by atoms with van der Waals surface area (Å²) in [5.41, 5.74) is 3.14. The van der Waals surface area contributed by atoms with E-state index in [0.717, 1.165) is 42.1 Å². The predicted molar refractivity (Wildman–Crippen MR) is 81.9 cm³/mol. The van der Waals surface area contributed by atoms with Gasteiger partial charge in [0.1, 0.15) is 5.82 Å². The number of imidazole rings is 1. The van der Waals surface area contributed by atoms with Gasteiger partial charge in [-0.3, -0.25) is 4.68 Å². The van der Waals surface area contributed by atoms with E-state index < -0.39 is 0 Å². The smallest absolute Gasteiger partial charge is 0.157 e. The highest BCUT2D eigenvalue weighted by Gasteiger charge is 2.06. The average molecular weight is 284 g/mol. The van der Waals surface area contributed by atoms with Gasteiger partial charge in [0.2, 0.25) is 0 Å². The molecular weight excluding hydrogens is 264 g/mol. The van der Waals surface area contributed by atoms with Crippen LogP contribution in [0.2, 0.25) is 0 Å². The average Bonchev–Trinajstić information content (AvgIpc) is 3.00. The third-order valence-electron chi connectivity index (χ3n) is 3.70. The van der Waals surface area contributed by atoms with Crippen LogP contribution in [-0.2, 0) is 27.1 Å². The van der Waals surface area contributed by atoms with Gasteiger partial charge in [-0.2, -0.15) is 5.10 Å². The van der Waals surface area contributed by atoms with E-state index in [2.05, 4.69) is 26.4 Å². The predicted octanol–water partition coefficient (Wildman–Crippen LogP) is 1.34. The minimum absolute atomic E-state index is 0.807. The number of pyridine rings is 1. The lowest BCUT2D eigenvalue weighted by molar-refractivity contribution is 0.654. The van der Waals surface area contributed by atoms with Gasteiger partial charge in [-0.1, -0.05) is 0 Å². The summed E-state index contributed by atoms with van der Waals surface area (Å²) in [6, 6.07) is 2.17. The van der Waals surface area contributed by atoms with Crippen LogP contribution in [0.3, 0.4) is 0 Å². The van der Waals surface area contributed by atoms with Crippen LogP contribution < -0.4 is 5.32 Å². The molecule has 0 atom stereocenters. The summed E-state index contributed by atoms with van der Waals surface area (Å²) in [5, 5.41) is 8.96. The van der Waals surface area contributed by atoms with Crippen molar-refractivity contribution in [1.82, 2.24) is 29.6 Å². The van der Waals surface area contributed by atoms with Crippen LogP contribution in [0.4, 0.5) is 0 Å². The third kappa shape index (κ3) is 2.80. The number of rotatable bonds is 5. The number of hydrogen-bond acceptors (Lipinski definition) is 4. The number of fused-ring (bicyclic) bond motifs is 1. The molecule has 6 heteroatoms. The first kappa shape index (κ1) is 13.8. The molecule has 0 aliphatic heterocycles. The summed E-state index contributed by atoms with van der Waals surface area (Å²) in [7, 11) is 3.94. The van der Waals surface area contributed by atoms with Crippen molar-refractivity contribution in [2.75, 3.05) is 6.54 Å². The number of nitrogens with zero attached hydrogens (tertiary/aromatic N) is 5. The van der Waals surface area contributed by atoms with E-state index in [0.29, 0.717) is 0 Å². The van der Waals surface area contributed by atoms with Gasteiger partial charge in [-0.05, 0) is 18.6 Å². The van der Waals surface area contributed by atoms with Crippen LogP contribution in [0, 0.1) is 6.92 Å². The Morgan fingerprint density at radius 2 is 2.10 bits per heavy atom. The van der Waals surface area contributed by atoms with Gasteiger partial charge in [0.25, 0.3) is 0 Å². The highest BCUT2D eigenvalue weighted by molar-refractivity contribution is 5.78. The molecule has 6 nitrogen and oxygen atoms in total. The zero-order chi connectivity index (χ0) is 14.8. The molecular formula is C15H20N6. The molecule has 0 radical (unpaired) electrons. The van der Waals surface area contributed by atoms with Gasteiger partial charge < -0.3 is 9.88 Å². The van der Waals surface area contributed by atoms with E-state index in [1.807, 2.05) is 48.9 Å². The van der Waals surface area contributed by atoms with E-state index in [1.54, 1.807) is 0 Å². The molecule has 110 valence electrons. The van der Waals surface area contributed by atoms with Gasteiger partial charge in [-0.25, -0.2) is 9.97 Å². The second kappa shape index (κ2) is 5.65. The van der Waals surface area contributed by atoms with Crippen LogP contribution >= 0.6 is 0 Å². The zero-order valence-electron chi connectivity index (χ0n) is 12.7. The van der Waals surface area contributed by atoms with Gasteiger partial charge in [0, 0.05) is 57.6 Å². The molecule has 0 bridgehead atoms. The number of nitrogens with one attached hydrogen (secondary N) is 1. The van der Waals surface area contributed by atoms with Crippen LogP contribution in [0.1, 0.15) is 17.1 Å². The second-order valence-corrected chi connectivity index (χ2v) is 5.30. The normalized spacial score (nSPS) is 11.4. The molecule has 0 aromatic carbocycles. The van der Waals surface area contributed by atoms with Gasteiger partial charge >= 0.3 is 0 Å². The lowest BCUT2D eigenvalue weighted by atomic mass is 10.2. The first-order valence-electron chi connectivity index (χ1n) is 7.10. The first-order chi connectivity index (χ1) is 10.1. The number of aromatic nitrogens is 5. The Morgan fingerprint density at radius 1 is 1.24 bits per heavy atom. The molecule has 1 N–H and O–H groups in total. The summed E-state index contributed by atoms with van der Waals surface area (Å²) in [5.74, 6) is 1.10. The monoisotopic (exact) mass is 284 g/mol. The lowest BCUT2D eigenvalue weighted by Gasteiger charge is -2.05. The highest BCUT2D eigenvalue weighted by Crippen LogP contribution is 2.16. The molecule has 0 aliphatic carbocycles. The lowest BCUT2D eigenvalue weighted by Crippen LogP contribution is -2.18. The molecule has 3 aromatic heterocycles. The molecule has 0 saturated carbocycles. The van der Waals surface area contributed by atoms with Crippen molar-refractivity contribution in [3.8, 4) is 0 Å². The van der Waals surface area contributed by atoms with Crippen LogP contribution in [-0.4, -0.2) is 30.9 Å². The van der Waals surface area contributed by atoms with Crippen LogP contribution in [0.15, 0.2) is 24.7 Å². The third-order valence-corrected chi connectivity index (χ3v) is 3.70. The molecule has 21 heavy (non-hydrogen) atoms. The van der Waals surface area contributed by atoms with Crippen molar-refractivity contribution in [2.45, 2.75) is 19.9 Å². The fourth-order valence-corrected chi connectivity index (χ4v) is 2.52. The SMILES string of the molecule is Cc1nn(C)c2ncc(CNCCc3nccn3C)cc12. The highest BCUT2D eigenvalue weighted by atomic mass is 15.3. The molecule has 3 heterocycles. The molecule has 0 aliphatic rings. The Kier molecular flexibility index (Phi) is 3.70. The van der Waals surface area contributed by atoms with Crippen molar-refractivity contribution < 1.29 is 0 Å². The van der Waals surface area contributed by atoms with Crippen LogP contribution in [0.25, 0.3) is 11.0 Å². The Hall–Kier alpha value is -2.21. The minimum Gasteiger partial charge on any atom is -0.338 e. The largest absolute Gasteiger partial charge is 0.338 e. The molecule has 3 aromatic rings. The van der Waals surface area contributed by atoms with Crippen LogP contribution in [0.5, 0.6) is 0 Å². The maximum absolute atomic E-state index is 4.49. The summed E-state index contributed by atoms with van der Waals surface area (Å²) in [6.45, 7) is 3.72. The Bertz CT molecular complexity index is 755. The summed E-state index contributed by atoms with van der Waals surface area (Å²) < 4.78 is 3.87. The zero-order valence-corrected chi connectivity index (χ0v) is 12.7. The topological polar surface area (TPSA) is 60.6 Å². The van der Waals surface area contributed by atoms with E-state index in [9.17, 15) is 0 Å². The van der Waals surface area contributed by atoms with E-state index in [1.165, 1.54) is 5.56 Å². The van der Waals surface area contributed by atoms with Crippen molar-refractivity contribution >= 4 is 11.0 Å². The quantitative estimate of drug-likeness (QED) is 0.718. The fourth-order valence-electron chi connectivity index (χ4n) is 2.52. The Morgan fingerprint density at radius 3 is 2.86 bits per heavy atom. The maximum atomic E-state index is 4.49. The Balaban J connectivity index is 1.60. The standard InChI is InChI=1S/C15H20N6/c1-11-13-8-12(10-18-15(13)21(3)19-11)9-16-5-4-14-17-6-7-20(14)2/h6-8,10,16H,4-5,9H2,1-3H3. The van der Waals surface area contributed by atoms with Crippen molar-refractivity contribution in [3.63, 3.8) is 0 Å². The summed E-state index contributed by atoms with van der Waals surface area (Å²) in [6.07, 6.45) is 6.64. The fraction of sp³-hybridized carbons (Fsp3) is 0.400. The van der Waals surface area contributed by atoms with Crippen molar-refractivity contribution in [2.24, 2.45) is 14.1 Å². The van der Waals surface area contributed by atoms with Gasteiger partial charge in [-0.15, -0.1) is 0 Å². The summed E-state index contributed by atoms with van der Waals surface area (Å²) in [4.78, 5) is 8.80. The van der Waals surface area contributed by atoms with E-state index in [4.69, 9.17) is 0 Å². The maximum Gasteiger partial charge on any atom is 0.157 e. The van der Waals surface area contributed by atoms with Crippen molar-refractivity contribution in [1.29, 1.82) is 0 Å². The Labute approximate surface area is 123 Å². The second-order valence-electron chi connectivity index (χ2n) is 5.30. The molecule has 3 rings (SSSR count). The summed E-state index contributed by atoms with van der Waals surface area (Å²) >= 11 is 0. The number of hydrogen-bond donors (Lipinski definition) is 1. The van der Waals surface area contributed by atoms with Gasteiger partial charge in [0.15, 0.2) is 5.65 Å². The van der Waals surface area contributed by atoms with E-state index >= 15 is 0 Å². The molecule has 0 amide bonds. The van der Waals surface area contributed by atoms with Crippen molar-refractivity contribution in [3.05, 3.63) is 41.7 Å². The molecule has 0 unspecified atom stereocenters.